The third-order valence-corrected chi connectivity index (χ3v) is 4.94. The third kappa shape index (κ3) is 4.14. The fourth-order valence-corrected chi connectivity index (χ4v) is 3.24. The van der Waals surface area contributed by atoms with Gasteiger partial charge in [0.15, 0.2) is 5.54 Å². The lowest BCUT2D eigenvalue weighted by molar-refractivity contribution is 0.0424. The lowest BCUT2D eigenvalue weighted by atomic mass is 9.84. The molecular weight excluding hydrogens is 409 g/mol. The van der Waals surface area contributed by atoms with Gasteiger partial charge in [0, 0.05) is 23.4 Å². The summed E-state index contributed by atoms with van der Waals surface area (Å²) < 4.78 is 47.5. The molecule has 1 aromatic heterocycles. The van der Waals surface area contributed by atoms with E-state index in [1.54, 1.807) is 0 Å². The molecule has 0 radical (unpaired) electrons. The van der Waals surface area contributed by atoms with Gasteiger partial charge in [-0.3, -0.25) is 4.79 Å². The Morgan fingerprint density at radius 2 is 2.21 bits per heavy atom. The van der Waals surface area contributed by atoms with Gasteiger partial charge in [-0.2, -0.15) is 0 Å². The summed E-state index contributed by atoms with van der Waals surface area (Å²) in [5, 5.41) is 2.88. The maximum atomic E-state index is 14.7. The van der Waals surface area contributed by atoms with Gasteiger partial charge in [0.25, 0.3) is 18.4 Å². The molecule has 154 valence electrons. The largest absolute Gasteiger partial charge is 0.462 e. The van der Waals surface area contributed by atoms with Crippen molar-refractivity contribution in [2.45, 2.75) is 31.4 Å². The summed E-state index contributed by atoms with van der Waals surface area (Å²) in [4.78, 5) is 19.7. The van der Waals surface area contributed by atoms with Crippen LogP contribution in [-0.2, 0) is 4.74 Å². The van der Waals surface area contributed by atoms with E-state index in [1.165, 1.54) is 31.3 Å². The summed E-state index contributed by atoms with van der Waals surface area (Å²) in [7, 11) is 0. The summed E-state index contributed by atoms with van der Waals surface area (Å²) >= 11 is 5.71. The minimum Gasteiger partial charge on any atom is -0.462 e. The Morgan fingerprint density at radius 3 is 2.83 bits per heavy atom. The first-order valence-corrected chi connectivity index (χ1v) is 8.99. The number of nitrogens with two attached hydrogens (primary N) is 1. The van der Waals surface area contributed by atoms with E-state index in [0.717, 1.165) is 6.08 Å². The first-order valence-electron chi connectivity index (χ1n) is 8.62. The van der Waals surface area contributed by atoms with Crippen LogP contribution in [0.1, 0.15) is 23.8 Å². The van der Waals surface area contributed by atoms with Crippen LogP contribution < -0.4 is 11.1 Å². The molecule has 3 N–H and O–H groups in total. The van der Waals surface area contributed by atoms with E-state index in [-0.39, 0.29) is 11.4 Å². The summed E-state index contributed by atoms with van der Waals surface area (Å²) in [5.74, 6) is -2.22. The van der Waals surface area contributed by atoms with Crippen molar-refractivity contribution in [2.24, 2.45) is 16.6 Å². The van der Waals surface area contributed by atoms with Crippen molar-refractivity contribution in [3.05, 3.63) is 64.9 Å². The van der Waals surface area contributed by atoms with E-state index in [4.69, 9.17) is 22.1 Å². The first-order chi connectivity index (χ1) is 13.6. The van der Waals surface area contributed by atoms with Crippen molar-refractivity contribution in [2.75, 3.05) is 0 Å². The number of rotatable bonds is 6. The number of pyridine rings is 1. The second kappa shape index (κ2) is 7.90. The Hall–Kier alpha value is -2.81. The molecule has 1 unspecified atom stereocenters. The Bertz CT molecular complexity index is 930. The SMILES string of the molecule is C=C(/C(F)=C\C=C(/C)NC(=O)c1ccc(Cl)cn1)[C@@]1(C(F)F)N=C(N)O[C@@H]2CC21. The van der Waals surface area contributed by atoms with Crippen molar-refractivity contribution in [3.63, 3.8) is 0 Å². The van der Waals surface area contributed by atoms with Gasteiger partial charge in [-0.15, -0.1) is 0 Å². The third-order valence-electron chi connectivity index (χ3n) is 4.72. The molecule has 0 bridgehead atoms. The highest BCUT2D eigenvalue weighted by Crippen LogP contribution is 2.54. The minimum atomic E-state index is -3.01. The summed E-state index contributed by atoms with van der Waals surface area (Å²) in [6.07, 6.45) is 0.246. The Labute approximate surface area is 170 Å². The molecule has 1 fully saturated rings. The quantitative estimate of drug-likeness (QED) is 0.681. The van der Waals surface area contributed by atoms with Crippen LogP contribution in [0, 0.1) is 5.92 Å². The molecule has 1 aromatic rings. The molecule has 0 spiro atoms. The molecule has 1 aliphatic carbocycles. The van der Waals surface area contributed by atoms with E-state index in [0.29, 0.717) is 11.4 Å². The summed E-state index contributed by atoms with van der Waals surface area (Å²) in [6, 6.07) is 2.52. The van der Waals surface area contributed by atoms with Crippen molar-refractivity contribution in [1.82, 2.24) is 10.3 Å². The van der Waals surface area contributed by atoms with Gasteiger partial charge in [-0.05, 0) is 37.6 Å². The predicted molar refractivity (Wildman–Crippen MR) is 102 cm³/mol. The zero-order chi connectivity index (χ0) is 21.3. The Kier molecular flexibility index (Phi) is 5.70. The minimum absolute atomic E-state index is 0.111. The topological polar surface area (TPSA) is 89.6 Å². The fraction of sp³-hybridized carbons (Fsp3) is 0.316. The molecule has 6 nitrogen and oxygen atoms in total. The number of fused-ring (bicyclic) bond motifs is 1. The average molecular weight is 427 g/mol. The van der Waals surface area contributed by atoms with Gasteiger partial charge in [-0.25, -0.2) is 23.1 Å². The predicted octanol–water partition coefficient (Wildman–Crippen LogP) is 3.52. The van der Waals surface area contributed by atoms with Crippen LogP contribution in [0.5, 0.6) is 0 Å². The van der Waals surface area contributed by atoms with Crippen molar-refractivity contribution < 1.29 is 22.7 Å². The Morgan fingerprint density at radius 1 is 1.48 bits per heavy atom. The highest BCUT2D eigenvalue weighted by molar-refractivity contribution is 6.30. The molecule has 10 heteroatoms. The molecule has 29 heavy (non-hydrogen) atoms. The number of hydrogen-bond acceptors (Lipinski definition) is 5. The number of carbonyl (C=O) groups excluding carboxylic acids is 1. The number of nitrogens with one attached hydrogen (secondary N) is 1. The normalized spacial score (nSPS) is 26.3. The Balaban J connectivity index is 1.75. The van der Waals surface area contributed by atoms with Crippen LogP contribution in [-0.4, -0.2) is 35.0 Å². The molecule has 0 saturated heterocycles. The van der Waals surface area contributed by atoms with E-state index < -0.39 is 47.3 Å². The number of carbonyl (C=O) groups is 1. The number of aromatic nitrogens is 1. The van der Waals surface area contributed by atoms with Crippen molar-refractivity contribution in [1.29, 1.82) is 0 Å². The van der Waals surface area contributed by atoms with Crippen molar-refractivity contribution >= 4 is 23.5 Å². The number of ether oxygens (including phenoxy) is 1. The van der Waals surface area contributed by atoms with Crippen LogP contribution in [0.15, 0.2) is 59.1 Å². The van der Waals surface area contributed by atoms with Gasteiger partial charge in [0.2, 0.25) is 0 Å². The second-order valence-electron chi connectivity index (χ2n) is 6.73. The molecular formula is C19H18ClF3N4O2. The molecule has 1 amide bonds. The number of alkyl halides is 2. The van der Waals surface area contributed by atoms with Crippen LogP contribution in [0.3, 0.4) is 0 Å². The number of amidine groups is 1. The van der Waals surface area contributed by atoms with E-state index >= 15 is 0 Å². The maximum Gasteiger partial charge on any atom is 0.283 e. The first kappa shape index (κ1) is 20.9. The number of halogens is 4. The maximum absolute atomic E-state index is 14.7. The zero-order valence-electron chi connectivity index (χ0n) is 15.3. The van der Waals surface area contributed by atoms with Gasteiger partial charge < -0.3 is 15.8 Å². The number of hydrogen-bond donors (Lipinski definition) is 2. The van der Waals surface area contributed by atoms with Crippen LogP contribution in [0.2, 0.25) is 5.02 Å². The molecule has 2 heterocycles. The number of nitrogens with zero attached hydrogens (tertiary/aromatic N) is 2. The van der Waals surface area contributed by atoms with Crippen molar-refractivity contribution in [3.8, 4) is 0 Å². The van der Waals surface area contributed by atoms with E-state index in [1.807, 2.05) is 0 Å². The van der Waals surface area contributed by atoms with Gasteiger partial charge in [0.05, 0.1) is 5.02 Å². The van der Waals surface area contributed by atoms with E-state index in [2.05, 4.69) is 21.9 Å². The second-order valence-corrected chi connectivity index (χ2v) is 7.17. The average Bonchev–Trinajstić information content (AvgIpc) is 3.44. The lowest BCUT2D eigenvalue weighted by Gasteiger charge is -2.33. The lowest BCUT2D eigenvalue weighted by Crippen LogP contribution is -2.46. The summed E-state index contributed by atoms with van der Waals surface area (Å²) in [5.41, 5.74) is 3.21. The van der Waals surface area contributed by atoms with E-state index in [9.17, 15) is 18.0 Å². The molecule has 3 rings (SSSR count). The number of amides is 1. The molecule has 2 aliphatic rings. The smallest absolute Gasteiger partial charge is 0.283 e. The zero-order valence-corrected chi connectivity index (χ0v) is 16.1. The highest BCUT2D eigenvalue weighted by atomic mass is 35.5. The van der Waals surface area contributed by atoms with Crippen LogP contribution in [0.25, 0.3) is 0 Å². The molecule has 0 aromatic carbocycles. The molecule has 1 saturated carbocycles. The monoisotopic (exact) mass is 426 g/mol. The fourth-order valence-electron chi connectivity index (χ4n) is 3.13. The summed E-state index contributed by atoms with van der Waals surface area (Å²) in [6.45, 7) is 5.00. The molecule has 3 atom stereocenters. The van der Waals surface area contributed by atoms with Gasteiger partial charge in [0.1, 0.15) is 17.6 Å². The number of allylic oxidation sites excluding steroid dienone is 3. The van der Waals surface area contributed by atoms with Gasteiger partial charge in [-0.1, -0.05) is 18.2 Å². The van der Waals surface area contributed by atoms with Gasteiger partial charge >= 0.3 is 0 Å². The molecule has 1 aliphatic heterocycles. The van der Waals surface area contributed by atoms with Crippen LogP contribution in [0.4, 0.5) is 13.2 Å². The standard InChI is InChI=1S/C19H18ClF3N4O2/c1-9(26-16(28)14-6-4-11(20)8-25-14)3-5-13(21)10(2)19(17(22)23)12-7-15(12)29-18(24)27-19/h3-6,8,12,15,17H,2,7H2,1H3,(H2,24,27)(H,26,28)/b9-3+,13-5+/t12?,15-,19-/m1/s1. The van der Waals surface area contributed by atoms with Crippen LogP contribution >= 0.6 is 11.6 Å². The highest BCUT2D eigenvalue weighted by Gasteiger charge is 2.64. The number of aliphatic imine (C=N–C) groups is 1.